The average molecular weight is 723 g/mol. The van der Waals surface area contributed by atoms with Crippen molar-refractivity contribution in [2.45, 2.75) is 0 Å². The lowest BCUT2D eigenvalue weighted by atomic mass is 10.0. The smallest absolute Gasteiger partial charge is 0.165 e. The van der Waals surface area contributed by atoms with Crippen LogP contribution in [-0.4, -0.2) is 19.9 Å². The van der Waals surface area contributed by atoms with Gasteiger partial charge in [0.15, 0.2) is 17.5 Å². The van der Waals surface area contributed by atoms with Crippen molar-refractivity contribution in [1.29, 1.82) is 0 Å². The van der Waals surface area contributed by atoms with Crippen molar-refractivity contribution < 1.29 is 8.83 Å². The molecule has 8 aromatic carbocycles. The monoisotopic (exact) mass is 722 g/mol. The lowest BCUT2D eigenvalue weighted by molar-refractivity contribution is 0.669. The molecule has 0 amide bonds. The quantitative estimate of drug-likeness (QED) is 0.180. The van der Waals surface area contributed by atoms with Crippen LogP contribution in [0.2, 0.25) is 0 Å². The van der Waals surface area contributed by atoms with Crippen molar-refractivity contribution in [2.24, 2.45) is 0 Å². The topological polar surface area (TPSA) is 77.8 Å². The van der Waals surface area contributed by atoms with Crippen LogP contribution in [0.5, 0.6) is 0 Å². The molecule has 0 aliphatic carbocycles. The van der Waals surface area contributed by atoms with Gasteiger partial charge in [-0.2, -0.15) is 0 Å². The van der Waals surface area contributed by atoms with E-state index in [-0.39, 0.29) is 0 Å². The summed E-state index contributed by atoms with van der Waals surface area (Å²) in [6, 6.07) is 54.0. The van der Waals surface area contributed by atoms with Gasteiger partial charge >= 0.3 is 0 Å². The van der Waals surface area contributed by atoms with Crippen molar-refractivity contribution in [3.63, 3.8) is 0 Å². The molecule has 0 aliphatic heterocycles. The minimum absolute atomic E-state index is 0.547. The molecule has 4 heterocycles. The summed E-state index contributed by atoms with van der Waals surface area (Å²) in [6.45, 7) is 0. The summed E-state index contributed by atoms with van der Waals surface area (Å²) in [5, 5.41) is 9.51. The van der Waals surface area contributed by atoms with Crippen LogP contribution in [0.25, 0.3) is 120 Å². The maximum absolute atomic E-state index is 6.55. The van der Waals surface area contributed by atoms with Crippen LogP contribution in [-0.2, 0) is 0 Å². The highest BCUT2D eigenvalue weighted by Gasteiger charge is 2.24. The molecule has 0 aliphatic rings. The number of para-hydroxylation sites is 3. The summed E-state index contributed by atoms with van der Waals surface area (Å²) in [5.74, 6) is 1.73. The van der Waals surface area contributed by atoms with E-state index in [0.717, 1.165) is 103 Å². The van der Waals surface area contributed by atoms with Gasteiger partial charge in [0.2, 0.25) is 0 Å². The Morgan fingerprint density at radius 1 is 0.400 bits per heavy atom. The van der Waals surface area contributed by atoms with Gasteiger partial charge in [0.05, 0.1) is 21.2 Å². The highest BCUT2D eigenvalue weighted by molar-refractivity contribution is 7.22. The number of aromatic nitrogens is 4. The molecule has 0 spiro atoms. The molecular weight excluding hydrogens is 697 g/mol. The number of fused-ring (bicyclic) bond motifs is 10. The largest absolute Gasteiger partial charge is 0.456 e. The summed E-state index contributed by atoms with van der Waals surface area (Å²) in [4.78, 5) is 21.0. The molecule has 12 rings (SSSR count). The van der Waals surface area contributed by atoms with Crippen LogP contribution in [0.1, 0.15) is 0 Å². The summed E-state index contributed by atoms with van der Waals surface area (Å²) in [6.07, 6.45) is 0. The lowest BCUT2D eigenvalue weighted by Gasteiger charge is -2.10. The van der Waals surface area contributed by atoms with Gasteiger partial charge in [0, 0.05) is 32.8 Å². The van der Waals surface area contributed by atoms with E-state index in [1.165, 1.54) is 0 Å². The first kappa shape index (κ1) is 30.3. The molecule has 6 nitrogen and oxygen atoms in total. The fourth-order valence-electron chi connectivity index (χ4n) is 7.89. The zero-order valence-corrected chi connectivity index (χ0v) is 29.8. The third-order valence-corrected chi connectivity index (χ3v) is 11.7. The molecule has 0 bridgehead atoms. The fourth-order valence-corrected chi connectivity index (χ4v) is 8.99. The molecule has 55 heavy (non-hydrogen) atoms. The van der Waals surface area contributed by atoms with Crippen molar-refractivity contribution in [2.75, 3.05) is 0 Å². The van der Waals surface area contributed by atoms with Crippen LogP contribution in [0.3, 0.4) is 0 Å². The molecule has 0 saturated heterocycles. The van der Waals surface area contributed by atoms with Gasteiger partial charge in [-0.3, -0.25) is 0 Å². The Morgan fingerprint density at radius 2 is 0.982 bits per heavy atom. The van der Waals surface area contributed by atoms with E-state index < -0.39 is 0 Å². The molecule has 0 unspecified atom stereocenters. The summed E-state index contributed by atoms with van der Waals surface area (Å²) < 4.78 is 14.0. The highest BCUT2D eigenvalue weighted by Crippen LogP contribution is 2.46. The van der Waals surface area contributed by atoms with E-state index in [9.17, 15) is 0 Å². The van der Waals surface area contributed by atoms with Crippen LogP contribution in [0, 0.1) is 0 Å². The number of thiazole rings is 1. The number of benzene rings is 8. The van der Waals surface area contributed by atoms with Crippen molar-refractivity contribution >= 4 is 87.0 Å². The molecule has 0 atom stereocenters. The number of rotatable bonds is 4. The van der Waals surface area contributed by atoms with Crippen molar-refractivity contribution in [3.8, 4) is 44.7 Å². The second-order valence-electron chi connectivity index (χ2n) is 13.8. The molecule has 256 valence electrons. The van der Waals surface area contributed by atoms with Crippen LogP contribution >= 0.6 is 11.3 Å². The molecule has 0 fully saturated rings. The molecular formula is C48H26N4O2S. The Morgan fingerprint density at radius 3 is 1.69 bits per heavy atom. The van der Waals surface area contributed by atoms with E-state index in [1.807, 2.05) is 36.4 Å². The van der Waals surface area contributed by atoms with Crippen molar-refractivity contribution in [3.05, 3.63) is 158 Å². The third-order valence-electron chi connectivity index (χ3n) is 10.5. The predicted molar refractivity (Wildman–Crippen MR) is 224 cm³/mol. The molecule has 7 heteroatoms. The Hall–Kier alpha value is -7.22. The van der Waals surface area contributed by atoms with Crippen LogP contribution in [0.15, 0.2) is 167 Å². The first-order chi connectivity index (χ1) is 27.2. The Labute approximate surface area is 317 Å². The predicted octanol–water partition coefficient (Wildman–Crippen LogP) is 13.3. The minimum atomic E-state index is 0.547. The van der Waals surface area contributed by atoms with Gasteiger partial charge in [-0.1, -0.05) is 121 Å². The SMILES string of the molecule is c1ccc2cc(-c3nc(-c4ccc5ccccc5c4)nc(-c4cc5oc6ccccc6c5c5nc(-c6cccc7c6oc6ccccc67)sc45)n3)ccc2c1. The average Bonchev–Trinajstić information content (AvgIpc) is 3.96. The molecule has 12 aromatic rings. The Bertz CT molecular complexity index is 3430. The summed E-state index contributed by atoms with van der Waals surface area (Å²) >= 11 is 1.62. The number of nitrogens with zero attached hydrogens (tertiary/aromatic N) is 4. The van der Waals surface area contributed by atoms with Gasteiger partial charge < -0.3 is 8.83 Å². The third kappa shape index (κ3) is 4.73. The Balaban J connectivity index is 1.15. The molecule has 0 N–H and O–H groups in total. The van der Waals surface area contributed by atoms with E-state index >= 15 is 0 Å². The van der Waals surface area contributed by atoms with Crippen LogP contribution < -0.4 is 0 Å². The normalized spacial score (nSPS) is 12.0. The minimum Gasteiger partial charge on any atom is -0.456 e. The first-order valence-corrected chi connectivity index (χ1v) is 18.9. The molecule has 0 radical (unpaired) electrons. The van der Waals surface area contributed by atoms with E-state index in [2.05, 4.69) is 121 Å². The lowest BCUT2D eigenvalue weighted by Crippen LogP contribution is -2.00. The van der Waals surface area contributed by atoms with Gasteiger partial charge in [-0.15, -0.1) is 11.3 Å². The zero-order chi connectivity index (χ0) is 36.0. The molecule has 4 aromatic heterocycles. The Kier molecular flexibility index (Phi) is 6.40. The highest BCUT2D eigenvalue weighted by atomic mass is 32.1. The maximum Gasteiger partial charge on any atom is 0.165 e. The van der Waals surface area contributed by atoms with Gasteiger partial charge in [0.1, 0.15) is 27.3 Å². The van der Waals surface area contributed by atoms with Gasteiger partial charge in [-0.05, 0) is 57.9 Å². The number of furan rings is 2. The maximum atomic E-state index is 6.55. The van der Waals surface area contributed by atoms with Gasteiger partial charge in [0.25, 0.3) is 0 Å². The van der Waals surface area contributed by atoms with E-state index in [4.69, 9.17) is 28.8 Å². The summed E-state index contributed by atoms with van der Waals surface area (Å²) in [7, 11) is 0. The second-order valence-corrected chi connectivity index (χ2v) is 14.8. The van der Waals surface area contributed by atoms with E-state index in [1.54, 1.807) is 11.3 Å². The standard InChI is InChI=1S/C48H26N4O2S/c1-3-12-29-24-31(22-20-27(29)10-1)45-50-46(32-23-21-28-11-2-4-13-30(28)25-32)52-47(51-45)37-26-40-41(35-15-6-8-19-39(35)53-40)42-44(37)55-48(49-42)36-17-9-16-34-33-14-5-7-18-38(33)54-43(34)36/h1-26H. The van der Waals surface area contributed by atoms with E-state index in [0.29, 0.717) is 17.5 Å². The van der Waals surface area contributed by atoms with Gasteiger partial charge in [-0.25, -0.2) is 19.9 Å². The fraction of sp³-hybridized carbons (Fsp3) is 0. The zero-order valence-electron chi connectivity index (χ0n) is 29.0. The summed E-state index contributed by atoms with van der Waals surface area (Å²) in [5.41, 5.74) is 7.61. The molecule has 0 saturated carbocycles. The second kappa shape index (κ2) is 11.6. The van der Waals surface area contributed by atoms with Crippen LogP contribution in [0.4, 0.5) is 0 Å². The number of hydrogen-bond acceptors (Lipinski definition) is 7. The number of hydrogen-bond donors (Lipinski definition) is 0. The first-order valence-electron chi connectivity index (χ1n) is 18.1. The van der Waals surface area contributed by atoms with Crippen molar-refractivity contribution in [1.82, 2.24) is 19.9 Å².